The third-order valence-corrected chi connectivity index (χ3v) is 4.72. The molecule has 0 saturated heterocycles. The van der Waals surface area contributed by atoms with Gasteiger partial charge in [-0.05, 0) is 35.4 Å². The van der Waals surface area contributed by atoms with E-state index in [1.54, 1.807) is 18.5 Å². The number of hydrogen-bond donors (Lipinski definition) is 2. The minimum absolute atomic E-state index is 0.261. The summed E-state index contributed by atoms with van der Waals surface area (Å²) in [5.74, 6) is -0.708. The van der Waals surface area contributed by atoms with Crippen molar-refractivity contribution in [2.24, 2.45) is 0 Å². The van der Waals surface area contributed by atoms with Gasteiger partial charge >= 0.3 is 0 Å². The summed E-state index contributed by atoms with van der Waals surface area (Å²) in [4.78, 5) is 34.2. The lowest BCUT2D eigenvalue weighted by atomic mass is 10.1. The van der Waals surface area contributed by atoms with Crippen molar-refractivity contribution in [3.8, 4) is 0 Å². The average Bonchev–Trinajstić information content (AvgIpc) is 2.81. The van der Waals surface area contributed by atoms with Crippen LogP contribution in [0, 0.1) is 0 Å². The molecule has 4 rings (SSSR count). The van der Waals surface area contributed by atoms with Gasteiger partial charge < -0.3 is 10.6 Å². The Bertz CT molecular complexity index is 1160. The maximum Gasteiger partial charge on any atom is 0.270 e. The van der Waals surface area contributed by atoms with E-state index in [2.05, 4.69) is 20.6 Å². The first-order chi connectivity index (χ1) is 14.7. The van der Waals surface area contributed by atoms with Crippen LogP contribution in [0.25, 0.3) is 10.9 Å². The minimum atomic E-state index is -0.839. The smallest absolute Gasteiger partial charge is 0.270 e. The van der Waals surface area contributed by atoms with E-state index >= 15 is 0 Å². The molecule has 0 aliphatic carbocycles. The summed E-state index contributed by atoms with van der Waals surface area (Å²) in [5.41, 5.74) is 2.60. The zero-order valence-electron chi connectivity index (χ0n) is 16.2. The molecule has 2 aromatic carbocycles. The Morgan fingerprint density at radius 3 is 2.37 bits per heavy atom. The van der Waals surface area contributed by atoms with Crippen LogP contribution in [0.3, 0.4) is 0 Å². The Balaban J connectivity index is 1.54. The first-order valence-electron chi connectivity index (χ1n) is 9.59. The minimum Gasteiger partial charge on any atom is -0.350 e. The van der Waals surface area contributed by atoms with Crippen molar-refractivity contribution in [1.29, 1.82) is 0 Å². The number of nitrogens with one attached hydrogen (secondary N) is 2. The lowest BCUT2D eigenvalue weighted by molar-refractivity contribution is -0.123. The Kier molecular flexibility index (Phi) is 5.75. The molecule has 0 aliphatic heterocycles. The van der Waals surface area contributed by atoms with Crippen LogP contribution in [0.4, 0.5) is 0 Å². The predicted molar refractivity (Wildman–Crippen MR) is 114 cm³/mol. The second-order valence-corrected chi connectivity index (χ2v) is 6.78. The topological polar surface area (TPSA) is 84.0 Å². The standard InChI is InChI=1S/C24H20N4O2/c29-23(21-11-10-18-6-4-5-9-20(18)27-21)28-22(19-7-2-1-3-8-19)24(30)26-16-17-12-14-25-15-13-17/h1-15,22H,16H2,(H,26,30)(H,28,29)/t22-/m1/s1. The van der Waals surface area contributed by atoms with E-state index in [1.807, 2.05) is 72.8 Å². The molecule has 148 valence electrons. The fraction of sp³-hybridized carbons (Fsp3) is 0.0833. The van der Waals surface area contributed by atoms with Gasteiger partial charge in [0.2, 0.25) is 5.91 Å². The van der Waals surface area contributed by atoms with Crippen LogP contribution < -0.4 is 10.6 Å². The van der Waals surface area contributed by atoms with E-state index in [9.17, 15) is 9.59 Å². The largest absolute Gasteiger partial charge is 0.350 e. The number of fused-ring (bicyclic) bond motifs is 1. The highest BCUT2D eigenvalue weighted by Gasteiger charge is 2.23. The van der Waals surface area contributed by atoms with Gasteiger partial charge in [-0.3, -0.25) is 14.6 Å². The SMILES string of the molecule is O=C(N[C@@H](C(=O)NCc1ccncc1)c1ccccc1)c1ccc2ccccc2n1. The third-order valence-electron chi connectivity index (χ3n) is 4.72. The molecular formula is C24H20N4O2. The average molecular weight is 396 g/mol. The van der Waals surface area contributed by atoms with Gasteiger partial charge in [-0.15, -0.1) is 0 Å². The van der Waals surface area contributed by atoms with E-state index in [-0.39, 0.29) is 11.6 Å². The highest BCUT2D eigenvalue weighted by molar-refractivity contribution is 5.98. The molecule has 2 heterocycles. The Morgan fingerprint density at radius 1 is 0.833 bits per heavy atom. The molecule has 2 N–H and O–H groups in total. The van der Waals surface area contributed by atoms with Crippen LogP contribution in [0.2, 0.25) is 0 Å². The molecule has 4 aromatic rings. The summed E-state index contributed by atoms with van der Waals surface area (Å²) in [6.45, 7) is 0.342. The number of nitrogens with zero attached hydrogens (tertiary/aromatic N) is 2. The molecule has 0 aliphatic rings. The lowest BCUT2D eigenvalue weighted by Gasteiger charge is -2.19. The van der Waals surface area contributed by atoms with Crippen molar-refractivity contribution < 1.29 is 9.59 Å². The van der Waals surface area contributed by atoms with E-state index in [0.29, 0.717) is 12.1 Å². The predicted octanol–water partition coefficient (Wildman–Crippen LogP) is 3.42. The van der Waals surface area contributed by atoms with Crippen LogP contribution in [0.5, 0.6) is 0 Å². The van der Waals surface area contributed by atoms with Gasteiger partial charge in [0.25, 0.3) is 5.91 Å². The lowest BCUT2D eigenvalue weighted by Crippen LogP contribution is -2.40. The van der Waals surface area contributed by atoms with Crippen LogP contribution in [0.15, 0.2) is 91.3 Å². The number of pyridine rings is 2. The van der Waals surface area contributed by atoms with Crippen molar-refractivity contribution >= 4 is 22.7 Å². The van der Waals surface area contributed by atoms with Gasteiger partial charge in [0.15, 0.2) is 0 Å². The van der Waals surface area contributed by atoms with Crippen molar-refractivity contribution in [1.82, 2.24) is 20.6 Å². The summed E-state index contributed by atoms with van der Waals surface area (Å²) >= 11 is 0. The van der Waals surface area contributed by atoms with E-state index in [1.165, 1.54) is 0 Å². The van der Waals surface area contributed by atoms with Crippen molar-refractivity contribution in [3.05, 3.63) is 108 Å². The number of rotatable bonds is 6. The number of para-hydroxylation sites is 1. The molecule has 2 aromatic heterocycles. The van der Waals surface area contributed by atoms with Gasteiger partial charge in [-0.1, -0.05) is 54.6 Å². The number of carbonyl (C=O) groups excluding carboxylic acids is 2. The molecule has 0 spiro atoms. The number of benzene rings is 2. The van der Waals surface area contributed by atoms with Crippen LogP contribution >= 0.6 is 0 Å². The van der Waals surface area contributed by atoms with E-state index in [0.717, 1.165) is 16.5 Å². The molecule has 30 heavy (non-hydrogen) atoms. The second-order valence-electron chi connectivity index (χ2n) is 6.78. The third kappa shape index (κ3) is 4.50. The van der Waals surface area contributed by atoms with Crippen LogP contribution in [-0.4, -0.2) is 21.8 Å². The Labute approximate surface area is 174 Å². The molecule has 6 heteroatoms. The quantitative estimate of drug-likeness (QED) is 0.523. The van der Waals surface area contributed by atoms with Gasteiger partial charge in [0.1, 0.15) is 11.7 Å². The molecule has 6 nitrogen and oxygen atoms in total. The Hall–Kier alpha value is -4.06. The van der Waals surface area contributed by atoms with Gasteiger partial charge in [-0.2, -0.15) is 0 Å². The number of amides is 2. The maximum atomic E-state index is 12.9. The first kappa shape index (κ1) is 19.3. The Morgan fingerprint density at radius 2 is 1.57 bits per heavy atom. The summed E-state index contributed by atoms with van der Waals surface area (Å²) in [5, 5.41) is 6.65. The molecule has 2 amide bonds. The second kappa shape index (κ2) is 8.96. The first-order valence-corrected chi connectivity index (χ1v) is 9.59. The summed E-state index contributed by atoms with van der Waals surface area (Å²) in [6.07, 6.45) is 3.34. The number of hydrogen-bond acceptors (Lipinski definition) is 4. The molecule has 0 radical (unpaired) electrons. The molecule has 0 fully saturated rings. The van der Waals surface area contributed by atoms with Crippen molar-refractivity contribution in [2.45, 2.75) is 12.6 Å². The highest BCUT2D eigenvalue weighted by Crippen LogP contribution is 2.16. The van der Waals surface area contributed by atoms with Crippen LogP contribution in [0.1, 0.15) is 27.7 Å². The molecular weight excluding hydrogens is 376 g/mol. The fourth-order valence-electron chi connectivity index (χ4n) is 3.14. The normalized spacial score (nSPS) is 11.6. The van der Waals surface area contributed by atoms with Gasteiger partial charge in [-0.25, -0.2) is 4.98 Å². The highest BCUT2D eigenvalue weighted by atomic mass is 16.2. The summed E-state index contributed by atoms with van der Waals surface area (Å²) in [6, 6.07) is 23.0. The van der Waals surface area contributed by atoms with Gasteiger partial charge in [0, 0.05) is 24.3 Å². The molecule has 0 unspecified atom stereocenters. The monoisotopic (exact) mass is 396 g/mol. The summed E-state index contributed by atoms with van der Waals surface area (Å²) in [7, 11) is 0. The molecule has 0 saturated carbocycles. The van der Waals surface area contributed by atoms with Crippen molar-refractivity contribution in [3.63, 3.8) is 0 Å². The fourth-order valence-corrected chi connectivity index (χ4v) is 3.14. The van der Waals surface area contributed by atoms with Crippen LogP contribution in [-0.2, 0) is 11.3 Å². The molecule has 0 bridgehead atoms. The maximum absolute atomic E-state index is 12.9. The van der Waals surface area contributed by atoms with E-state index < -0.39 is 11.9 Å². The van der Waals surface area contributed by atoms with E-state index in [4.69, 9.17) is 0 Å². The molecule has 1 atom stereocenters. The zero-order valence-corrected chi connectivity index (χ0v) is 16.2. The van der Waals surface area contributed by atoms with Crippen molar-refractivity contribution in [2.75, 3.05) is 0 Å². The summed E-state index contributed by atoms with van der Waals surface area (Å²) < 4.78 is 0. The number of carbonyl (C=O) groups is 2. The van der Waals surface area contributed by atoms with Gasteiger partial charge in [0.05, 0.1) is 5.52 Å². The zero-order chi connectivity index (χ0) is 20.8. The number of aromatic nitrogens is 2.